The SMILES string of the molecule is Cc1cc(=O)oc2cc(OCC(=O)N3CCCSC3=Nc3ccccc3)ccc12. The molecular formula is C22H20N2O4S. The Labute approximate surface area is 172 Å². The first kappa shape index (κ1) is 19.3. The standard InChI is InChI=1S/C22H20N2O4S/c1-15-12-21(26)28-19-13-17(8-9-18(15)19)27-14-20(25)24-10-5-11-29-22(24)23-16-6-3-2-4-7-16/h2-4,6-9,12-13H,5,10-11,14H2,1H3. The Balaban J connectivity index is 1.49. The molecule has 0 atom stereocenters. The molecule has 7 heteroatoms. The van der Waals surface area contributed by atoms with Gasteiger partial charge in [0, 0.05) is 29.8 Å². The average molecular weight is 408 g/mol. The van der Waals surface area contributed by atoms with Crippen molar-refractivity contribution in [3.63, 3.8) is 0 Å². The first-order valence-corrected chi connectivity index (χ1v) is 10.3. The molecule has 0 aliphatic carbocycles. The maximum Gasteiger partial charge on any atom is 0.336 e. The number of amidine groups is 1. The Morgan fingerprint density at radius 1 is 1.21 bits per heavy atom. The summed E-state index contributed by atoms with van der Waals surface area (Å²) < 4.78 is 10.9. The molecule has 2 heterocycles. The highest BCUT2D eigenvalue weighted by molar-refractivity contribution is 8.13. The van der Waals surface area contributed by atoms with Gasteiger partial charge in [-0.2, -0.15) is 0 Å². The number of rotatable bonds is 4. The Hall–Kier alpha value is -3.06. The van der Waals surface area contributed by atoms with Crippen molar-refractivity contribution in [2.45, 2.75) is 13.3 Å². The van der Waals surface area contributed by atoms with Gasteiger partial charge in [0.25, 0.3) is 5.91 Å². The molecule has 0 radical (unpaired) electrons. The molecule has 148 valence electrons. The zero-order valence-electron chi connectivity index (χ0n) is 16.0. The minimum Gasteiger partial charge on any atom is -0.484 e. The molecule has 1 aromatic heterocycles. The van der Waals surface area contributed by atoms with Crippen LogP contribution in [0.25, 0.3) is 11.0 Å². The van der Waals surface area contributed by atoms with Gasteiger partial charge in [0.2, 0.25) is 0 Å². The maximum atomic E-state index is 12.8. The van der Waals surface area contributed by atoms with E-state index in [2.05, 4.69) is 4.99 Å². The smallest absolute Gasteiger partial charge is 0.336 e. The number of nitrogens with zero attached hydrogens (tertiary/aromatic N) is 2. The number of thioether (sulfide) groups is 1. The molecular weight excluding hydrogens is 388 g/mol. The molecule has 0 N–H and O–H groups in total. The second kappa shape index (κ2) is 8.53. The lowest BCUT2D eigenvalue weighted by Crippen LogP contribution is -2.41. The lowest BCUT2D eigenvalue weighted by atomic mass is 10.1. The number of para-hydroxylation sites is 1. The number of fused-ring (bicyclic) bond motifs is 1. The van der Waals surface area contributed by atoms with Gasteiger partial charge in [-0.05, 0) is 43.2 Å². The number of benzene rings is 2. The van der Waals surface area contributed by atoms with E-state index in [9.17, 15) is 9.59 Å². The minimum atomic E-state index is -0.407. The van der Waals surface area contributed by atoms with Gasteiger partial charge in [-0.1, -0.05) is 30.0 Å². The molecule has 3 aromatic rings. The number of hydrogen-bond acceptors (Lipinski definition) is 6. The molecule has 0 bridgehead atoms. The van der Waals surface area contributed by atoms with E-state index in [0.717, 1.165) is 28.8 Å². The van der Waals surface area contributed by atoms with Crippen molar-refractivity contribution >= 4 is 39.5 Å². The van der Waals surface area contributed by atoms with E-state index in [4.69, 9.17) is 9.15 Å². The summed E-state index contributed by atoms with van der Waals surface area (Å²) >= 11 is 1.57. The average Bonchev–Trinajstić information content (AvgIpc) is 2.73. The van der Waals surface area contributed by atoms with Crippen LogP contribution in [0.3, 0.4) is 0 Å². The van der Waals surface area contributed by atoms with Crippen molar-refractivity contribution in [2.24, 2.45) is 4.99 Å². The molecule has 29 heavy (non-hydrogen) atoms. The monoisotopic (exact) mass is 408 g/mol. The van der Waals surface area contributed by atoms with Crippen LogP contribution in [0.15, 0.2) is 68.8 Å². The van der Waals surface area contributed by atoms with E-state index in [1.54, 1.807) is 28.8 Å². The number of carbonyl (C=O) groups excluding carboxylic acids is 1. The molecule has 1 aliphatic rings. The predicted molar refractivity (Wildman–Crippen MR) is 115 cm³/mol. The fourth-order valence-electron chi connectivity index (χ4n) is 3.11. The fourth-order valence-corrected chi connectivity index (χ4v) is 4.09. The molecule has 0 saturated carbocycles. The van der Waals surface area contributed by atoms with Crippen LogP contribution in [0.2, 0.25) is 0 Å². The normalized spacial score (nSPS) is 15.6. The summed E-state index contributed by atoms with van der Waals surface area (Å²) in [4.78, 5) is 30.7. The lowest BCUT2D eigenvalue weighted by molar-refractivity contribution is -0.129. The number of aliphatic imine (C=N–C) groups is 1. The second-order valence-corrected chi connectivity index (χ2v) is 7.73. The maximum absolute atomic E-state index is 12.8. The molecule has 0 spiro atoms. The minimum absolute atomic E-state index is 0.115. The Morgan fingerprint density at radius 3 is 2.86 bits per heavy atom. The zero-order chi connectivity index (χ0) is 20.2. The van der Waals surface area contributed by atoms with Gasteiger partial charge in [0.1, 0.15) is 11.3 Å². The summed E-state index contributed by atoms with van der Waals surface area (Å²) in [5.41, 5.74) is 1.69. The summed E-state index contributed by atoms with van der Waals surface area (Å²) in [6, 6.07) is 16.3. The quantitative estimate of drug-likeness (QED) is 0.607. The third-order valence-electron chi connectivity index (χ3n) is 4.56. The summed E-state index contributed by atoms with van der Waals surface area (Å²) in [5, 5.41) is 1.53. The van der Waals surface area contributed by atoms with Crippen LogP contribution in [0.5, 0.6) is 5.75 Å². The van der Waals surface area contributed by atoms with E-state index in [-0.39, 0.29) is 12.5 Å². The fraction of sp³-hybridized carbons (Fsp3) is 0.227. The Kier molecular flexibility index (Phi) is 5.67. The van der Waals surface area contributed by atoms with Crippen molar-refractivity contribution in [1.82, 2.24) is 4.90 Å². The molecule has 1 aliphatic heterocycles. The molecule has 1 amide bonds. The van der Waals surface area contributed by atoms with Gasteiger partial charge >= 0.3 is 5.63 Å². The molecule has 1 saturated heterocycles. The molecule has 6 nitrogen and oxygen atoms in total. The van der Waals surface area contributed by atoms with E-state index in [1.165, 1.54) is 6.07 Å². The zero-order valence-corrected chi connectivity index (χ0v) is 16.8. The van der Waals surface area contributed by atoms with Crippen molar-refractivity contribution in [1.29, 1.82) is 0 Å². The third-order valence-corrected chi connectivity index (χ3v) is 5.62. The summed E-state index contributed by atoms with van der Waals surface area (Å²) in [7, 11) is 0. The first-order valence-electron chi connectivity index (χ1n) is 9.34. The van der Waals surface area contributed by atoms with Crippen molar-refractivity contribution in [3.05, 3.63) is 70.6 Å². The number of amides is 1. The van der Waals surface area contributed by atoms with Crippen LogP contribution < -0.4 is 10.4 Å². The number of ether oxygens (including phenoxy) is 1. The van der Waals surface area contributed by atoms with Crippen LogP contribution in [0.1, 0.15) is 12.0 Å². The van der Waals surface area contributed by atoms with Crippen molar-refractivity contribution in [3.8, 4) is 5.75 Å². The number of carbonyl (C=O) groups is 1. The Bertz CT molecular complexity index is 1120. The third kappa shape index (κ3) is 4.51. The van der Waals surface area contributed by atoms with Gasteiger partial charge in [-0.3, -0.25) is 9.69 Å². The summed E-state index contributed by atoms with van der Waals surface area (Å²) in [5.74, 6) is 1.25. The van der Waals surface area contributed by atoms with Crippen molar-refractivity contribution < 1.29 is 13.9 Å². The van der Waals surface area contributed by atoms with Crippen LogP contribution in [0.4, 0.5) is 5.69 Å². The van der Waals surface area contributed by atoms with Crippen molar-refractivity contribution in [2.75, 3.05) is 18.9 Å². The van der Waals surface area contributed by atoms with Gasteiger partial charge < -0.3 is 9.15 Å². The summed E-state index contributed by atoms with van der Waals surface area (Å²) in [6.45, 7) is 2.35. The molecule has 1 fully saturated rings. The van der Waals surface area contributed by atoms with Crippen LogP contribution >= 0.6 is 11.8 Å². The number of aryl methyl sites for hydroxylation is 1. The van der Waals surface area contributed by atoms with E-state index in [1.807, 2.05) is 43.3 Å². The highest BCUT2D eigenvalue weighted by Gasteiger charge is 2.24. The highest BCUT2D eigenvalue weighted by atomic mass is 32.2. The van der Waals surface area contributed by atoms with E-state index < -0.39 is 5.63 Å². The molecule has 0 unspecified atom stereocenters. The van der Waals surface area contributed by atoms with Gasteiger partial charge in [-0.25, -0.2) is 9.79 Å². The highest BCUT2D eigenvalue weighted by Crippen LogP contribution is 2.24. The summed E-state index contributed by atoms with van der Waals surface area (Å²) in [6.07, 6.45) is 0.907. The van der Waals surface area contributed by atoms with Crippen LogP contribution in [-0.2, 0) is 4.79 Å². The molecule has 4 rings (SSSR count). The topological polar surface area (TPSA) is 72.1 Å². The molecule has 2 aromatic carbocycles. The largest absolute Gasteiger partial charge is 0.484 e. The first-order chi connectivity index (χ1) is 14.1. The van der Waals surface area contributed by atoms with E-state index >= 15 is 0 Å². The Morgan fingerprint density at radius 2 is 2.03 bits per heavy atom. The predicted octanol–water partition coefficient (Wildman–Crippen LogP) is 4.13. The van der Waals surface area contributed by atoms with Crippen LogP contribution in [-0.4, -0.2) is 34.9 Å². The van der Waals surface area contributed by atoms with Crippen LogP contribution in [0, 0.1) is 6.92 Å². The number of hydrogen-bond donors (Lipinski definition) is 0. The van der Waals surface area contributed by atoms with Gasteiger partial charge in [-0.15, -0.1) is 0 Å². The van der Waals surface area contributed by atoms with Gasteiger partial charge in [0.15, 0.2) is 11.8 Å². The van der Waals surface area contributed by atoms with E-state index in [0.29, 0.717) is 23.0 Å². The lowest BCUT2D eigenvalue weighted by Gasteiger charge is -2.27. The second-order valence-electron chi connectivity index (χ2n) is 6.67. The van der Waals surface area contributed by atoms with Gasteiger partial charge in [0.05, 0.1) is 5.69 Å².